The first-order valence-electron chi connectivity index (χ1n) is 10.8. The van der Waals surface area contributed by atoms with Gasteiger partial charge in [-0.2, -0.15) is 5.26 Å². The highest BCUT2D eigenvalue weighted by Crippen LogP contribution is 2.39. The normalized spacial score (nSPS) is 14.6. The second-order valence-electron chi connectivity index (χ2n) is 8.25. The lowest BCUT2D eigenvalue weighted by Crippen LogP contribution is -2.21. The smallest absolute Gasteiger partial charge is 0.338 e. The van der Waals surface area contributed by atoms with Crippen LogP contribution in [0.2, 0.25) is 0 Å². The summed E-state index contributed by atoms with van der Waals surface area (Å²) in [6.45, 7) is 3.46. The minimum Gasteiger partial charge on any atom is -0.459 e. The summed E-state index contributed by atoms with van der Waals surface area (Å²) in [5, 5.41) is 15.5. The van der Waals surface area contributed by atoms with Gasteiger partial charge in [0.25, 0.3) is 11.8 Å². The topological polar surface area (TPSA) is 121 Å². The van der Waals surface area contributed by atoms with Crippen LogP contribution in [0.1, 0.15) is 55.8 Å². The molecule has 3 aromatic rings. The second kappa shape index (κ2) is 9.93. The van der Waals surface area contributed by atoms with E-state index < -0.39 is 24.4 Å². The minimum absolute atomic E-state index is 0.144. The molecule has 1 aliphatic carbocycles. The zero-order valence-electron chi connectivity index (χ0n) is 18.8. The van der Waals surface area contributed by atoms with Crippen molar-refractivity contribution < 1.29 is 23.5 Å². The SMILES string of the molecule is Cc1ccc(C(=O)OCC(=O)Nc2sc3c(c2C#N)CCC(C)C3)cc1NC(=O)c1ccco1. The zero-order valence-corrected chi connectivity index (χ0v) is 19.6. The third-order valence-electron chi connectivity index (χ3n) is 5.68. The Balaban J connectivity index is 1.38. The van der Waals surface area contributed by atoms with Crippen molar-refractivity contribution in [2.24, 2.45) is 5.92 Å². The first-order chi connectivity index (χ1) is 16.4. The van der Waals surface area contributed by atoms with Crippen LogP contribution in [0.15, 0.2) is 41.0 Å². The molecule has 0 saturated heterocycles. The van der Waals surface area contributed by atoms with Crippen molar-refractivity contribution in [2.75, 3.05) is 17.2 Å². The number of nitriles is 1. The van der Waals surface area contributed by atoms with Gasteiger partial charge >= 0.3 is 5.97 Å². The van der Waals surface area contributed by atoms with E-state index in [2.05, 4.69) is 23.6 Å². The number of carbonyl (C=O) groups excluding carboxylic acids is 3. The van der Waals surface area contributed by atoms with Crippen LogP contribution in [-0.2, 0) is 22.4 Å². The molecule has 4 rings (SSSR count). The molecular weight excluding hydrogens is 454 g/mol. The van der Waals surface area contributed by atoms with Crippen molar-refractivity contribution in [3.05, 3.63) is 69.5 Å². The van der Waals surface area contributed by atoms with Crippen LogP contribution in [0, 0.1) is 24.2 Å². The number of aryl methyl sites for hydroxylation is 1. The van der Waals surface area contributed by atoms with Crippen LogP contribution in [-0.4, -0.2) is 24.4 Å². The van der Waals surface area contributed by atoms with Crippen LogP contribution < -0.4 is 10.6 Å². The van der Waals surface area contributed by atoms with E-state index in [1.807, 2.05) is 0 Å². The lowest BCUT2D eigenvalue weighted by Gasteiger charge is -2.17. The molecule has 1 atom stereocenters. The predicted molar refractivity (Wildman–Crippen MR) is 127 cm³/mol. The molecule has 34 heavy (non-hydrogen) atoms. The summed E-state index contributed by atoms with van der Waals surface area (Å²) < 4.78 is 10.2. The van der Waals surface area contributed by atoms with Crippen molar-refractivity contribution in [1.82, 2.24) is 0 Å². The molecule has 2 heterocycles. The molecule has 1 aliphatic rings. The Bertz CT molecular complexity index is 1290. The number of nitrogens with zero attached hydrogens (tertiary/aromatic N) is 1. The Hall–Kier alpha value is -3.90. The predicted octanol–water partition coefficient (Wildman–Crippen LogP) is 4.69. The van der Waals surface area contributed by atoms with E-state index >= 15 is 0 Å². The monoisotopic (exact) mass is 477 g/mol. The van der Waals surface area contributed by atoms with Gasteiger partial charge in [-0.1, -0.05) is 13.0 Å². The minimum atomic E-state index is -0.705. The van der Waals surface area contributed by atoms with Gasteiger partial charge in [-0.05, 0) is 67.5 Å². The summed E-state index contributed by atoms with van der Waals surface area (Å²) in [4.78, 5) is 38.3. The number of hydrogen-bond donors (Lipinski definition) is 2. The summed E-state index contributed by atoms with van der Waals surface area (Å²) in [6, 6.07) is 10.0. The summed E-state index contributed by atoms with van der Waals surface area (Å²) in [6.07, 6.45) is 4.13. The number of rotatable bonds is 6. The lowest BCUT2D eigenvalue weighted by molar-refractivity contribution is -0.119. The average Bonchev–Trinajstić information content (AvgIpc) is 3.46. The Kier molecular flexibility index (Phi) is 6.80. The number of benzene rings is 1. The summed E-state index contributed by atoms with van der Waals surface area (Å²) in [5.41, 5.74) is 2.88. The number of fused-ring (bicyclic) bond motifs is 1. The van der Waals surface area contributed by atoms with Gasteiger partial charge in [0.2, 0.25) is 0 Å². The standard InChI is InChI=1S/C25H23N3O5S/c1-14-5-8-17-18(12-26)24(34-21(17)10-14)28-22(29)13-33-25(31)16-7-6-15(2)19(11-16)27-23(30)20-4-3-9-32-20/h3-4,6-7,9,11,14H,5,8,10,13H2,1-2H3,(H,27,30)(H,28,29). The van der Waals surface area contributed by atoms with E-state index in [0.29, 0.717) is 22.2 Å². The van der Waals surface area contributed by atoms with Crippen LogP contribution >= 0.6 is 11.3 Å². The van der Waals surface area contributed by atoms with Crippen molar-refractivity contribution in [1.29, 1.82) is 5.26 Å². The number of amides is 2. The van der Waals surface area contributed by atoms with Crippen molar-refractivity contribution >= 4 is 39.8 Å². The number of esters is 1. The van der Waals surface area contributed by atoms with Gasteiger partial charge in [-0.25, -0.2) is 4.79 Å². The Morgan fingerprint density at radius 1 is 1.26 bits per heavy atom. The molecule has 2 N–H and O–H groups in total. The molecule has 0 fully saturated rings. The second-order valence-corrected chi connectivity index (χ2v) is 9.36. The maximum atomic E-state index is 12.5. The molecule has 0 aliphatic heterocycles. The molecule has 2 amide bonds. The van der Waals surface area contributed by atoms with E-state index in [-0.39, 0.29) is 11.3 Å². The Morgan fingerprint density at radius 3 is 2.82 bits per heavy atom. The number of anilines is 2. The van der Waals surface area contributed by atoms with Gasteiger partial charge in [0.05, 0.1) is 17.4 Å². The molecule has 0 saturated carbocycles. The number of ether oxygens (including phenoxy) is 1. The zero-order chi connectivity index (χ0) is 24.2. The fourth-order valence-corrected chi connectivity index (χ4v) is 5.19. The van der Waals surface area contributed by atoms with Crippen molar-refractivity contribution in [3.8, 4) is 6.07 Å². The molecule has 2 aromatic heterocycles. The van der Waals surface area contributed by atoms with Crippen LogP contribution in [0.3, 0.4) is 0 Å². The average molecular weight is 478 g/mol. The third-order valence-corrected chi connectivity index (χ3v) is 6.85. The summed E-state index contributed by atoms with van der Waals surface area (Å²) in [7, 11) is 0. The fraction of sp³-hybridized carbons (Fsp3) is 0.280. The highest BCUT2D eigenvalue weighted by molar-refractivity contribution is 7.16. The number of thiophene rings is 1. The van der Waals surface area contributed by atoms with Gasteiger partial charge in [-0.15, -0.1) is 11.3 Å². The first kappa shape index (κ1) is 23.3. The molecule has 174 valence electrons. The van der Waals surface area contributed by atoms with Gasteiger partial charge < -0.3 is 19.8 Å². The molecule has 8 nitrogen and oxygen atoms in total. The van der Waals surface area contributed by atoms with Gasteiger partial charge in [0.1, 0.15) is 11.1 Å². The Labute approximate surface area is 200 Å². The molecular formula is C25H23N3O5S. The van der Waals surface area contributed by atoms with E-state index in [4.69, 9.17) is 9.15 Å². The van der Waals surface area contributed by atoms with Gasteiger partial charge in [0.15, 0.2) is 12.4 Å². The van der Waals surface area contributed by atoms with E-state index in [0.717, 1.165) is 35.3 Å². The van der Waals surface area contributed by atoms with E-state index in [1.165, 1.54) is 29.7 Å². The number of hydrogen-bond acceptors (Lipinski definition) is 7. The van der Waals surface area contributed by atoms with Crippen molar-refractivity contribution in [2.45, 2.75) is 33.1 Å². The van der Waals surface area contributed by atoms with E-state index in [9.17, 15) is 19.6 Å². The number of carbonyl (C=O) groups is 3. The summed E-state index contributed by atoms with van der Waals surface area (Å²) in [5.74, 6) is -0.978. The van der Waals surface area contributed by atoms with Crippen molar-refractivity contribution in [3.63, 3.8) is 0 Å². The maximum Gasteiger partial charge on any atom is 0.338 e. The van der Waals surface area contributed by atoms with Crippen LogP contribution in [0.25, 0.3) is 0 Å². The highest BCUT2D eigenvalue weighted by Gasteiger charge is 2.25. The molecule has 9 heteroatoms. The number of furan rings is 1. The Morgan fingerprint density at radius 2 is 2.09 bits per heavy atom. The van der Waals surface area contributed by atoms with E-state index in [1.54, 1.807) is 25.1 Å². The lowest BCUT2D eigenvalue weighted by atomic mass is 9.89. The largest absolute Gasteiger partial charge is 0.459 e. The number of nitrogens with one attached hydrogen (secondary N) is 2. The molecule has 1 unspecified atom stereocenters. The fourth-order valence-electron chi connectivity index (χ4n) is 3.81. The molecule has 0 bridgehead atoms. The molecule has 0 spiro atoms. The summed E-state index contributed by atoms with van der Waals surface area (Å²) >= 11 is 1.41. The van der Waals surface area contributed by atoms with Crippen LogP contribution in [0.4, 0.5) is 10.7 Å². The van der Waals surface area contributed by atoms with Gasteiger partial charge in [-0.3, -0.25) is 9.59 Å². The highest BCUT2D eigenvalue weighted by atomic mass is 32.1. The van der Waals surface area contributed by atoms with Gasteiger partial charge in [0, 0.05) is 10.6 Å². The molecule has 1 aromatic carbocycles. The van der Waals surface area contributed by atoms with Crippen LogP contribution in [0.5, 0.6) is 0 Å². The maximum absolute atomic E-state index is 12.5. The third kappa shape index (κ3) is 5.02. The first-order valence-corrected chi connectivity index (χ1v) is 11.6. The molecule has 0 radical (unpaired) electrons. The quantitative estimate of drug-likeness (QED) is 0.497.